The van der Waals surface area contributed by atoms with Crippen molar-refractivity contribution in [3.05, 3.63) is 53.7 Å². The van der Waals surface area contributed by atoms with Gasteiger partial charge in [0.05, 0.1) is 6.61 Å². The first-order valence-corrected chi connectivity index (χ1v) is 5.39. The number of amidine groups is 1. The van der Waals surface area contributed by atoms with Crippen LogP contribution in [0.2, 0.25) is 0 Å². The second-order valence-corrected chi connectivity index (χ2v) is 3.64. The molecule has 0 fully saturated rings. The van der Waals surface area contributed by atoms with E-state index in [-0.39, 0.29) is 12.4 Å². The van der Waals surface area contributed by atoms with Gasteiger partial charge in [-0.05, 0) is 12.1 Å². The predicted molar refractivity (Wildman–Crippen MR) is 67.7 cm³/mol. The van der Waals surface area contributed by atoms with E-state index in [1.807, 2.05) is 12.1 Å². The zero-order valence-corrected chi connectivity index (χ0v) is 9.63. The molecule has 0 saturated carbocycles. The molecular weight excluding hydrogens is 230 g/mol. The number of pyridine rings is 1. The van der Waals surface area contributed by atoms with Gasteiger partial charge in [0.15, 0.2) is 0 Å². The number of para-hydroxylation sites is 1. The second-order valence-electron chi connectivity index (χ2n) is 3.64. The molecule has 0 saturated heterocycles. The minimum atomic E-state index is -0.115. The third-order valence-corrected chi connectivity index (χ3v) is 2.36. The van der Waals surface area contributed by atoms with Crippen molar-refractivity contribution in [1.82, 2.24) is 4.98 Å². The topological polar surface area (TPSA) is 92.2 Å². The zero-order chi connectivity index (χ0) is 13.0. The minimum Gasteiger partial charge on any atom is -0.439 e. The summed E-state index contributed by atoms with van der Waals surface area (Å²) < 4.78 is 5.57. The average molecular weight is 243 g/mol. The first-order chi connectivity index (χ1) is 8.70. The normalized spacial score (nSPS) is 10.1. The summed E-state index contributed by atoms with van der Waals surface area (Å²) >= 11 is 0. The van der Waals surface area contributed by atoms with E-state index in [9.17, 15) is 5.11 Å². The van der Waals surface area contributed by atoms with Crippen molar-refractivity contribution < 1.29 is 9.84 Å². The summed E-state index contributed by atoms with van der Waals surface area (Å²) in [5, 5.41) is 16.5. The van der Waals surface area contributed by atoms with Crippen molar-refractivity contribution in [3.8, 4) is 11.6 Å². The summed E-state index contributed by atoms with van der Waals surface area (Å²) in [7, 11) is 0. The molecule has 5 nitrogen and oxygen atoms in total. The van der Waals surface area contributed by atoms with Crippen LogP contribution in [0.25, 0.3) is 0 Å². The van der Waals surface area contributed by atoms with E-state index >= 15 is 0 Å². The molecule has 18 heavy (non-hydrogen) atoms. The molecule has 92 valence electrons. The van der Waals surface area contributed by atoms with Crippen molar-refractivity contribution in [2.75, 3.05) is 0 Å². The highest BCUT2D eigenvalue weighted by atomic mass is 16.5. The fourth-order valence-corrected chi connectivity index (χ4v) is 1.47. The van der Waals surface area contributed by atoms with Gasteiger partial charge in [0.2, 0.25) is 5.88 Å². The zero-order valence-electron chi connectivity index (χ0n) is 9.63. The molecule has 2 rings (SSSR count). The molecule has 2 aromatic rings. The molecule has 0 aliphatic rings. The number of hydrogen-bond donors (Lipinski definition) is 3. The number of aliphatic hydroxyl groups is 1. The van der Waals surface area contributed by atoms with Crippen molar-refractivity contribution in [2.24, 2.45) is 5.73 Å². The molecular formula is C13H13N3O2. The molecule has 0 bridgehead atoms. The largest absolute Gasteiger partial charge is 0.439 e. The van der Waals surface area contributed by atoms with E-state index in [0.717, 1.165) is 0 Å². The maximum atomic E-state index is 9.18. The maximum absolute atomic E-state index is 9.18. The van der Waals surface area contributed by atoms with Crippen LogP contribution in [0.3, 0.4) is 0 Å². The van der Waals surface area contributed by atoms with Crippen molar-refractivity contribution >= 4 is 5.84 Å². The summed E-state index contributed by atoms with van der Waals surface area (Å²) in [5.74, 6) is 0.757. The molecule has 0 atom stereocenters. The number of nitrogens with zero attached hydrogens (tertiary/aromatic N) is 1. The highest BCUT2D eigenvalue weighted by Crippen LogP contribution is 2.23. The quantitative estimate of drug-likeness (QED) is 0.562. The Hall–Kier alpha value is -2.40. The van der Waals surface area contributed by atoms with E-state index < -0.39 is 0 Å². The van der Waals surface area contributed by atoms with Gasteiger partial charge in [0, 0.05) is 11.6 Å². The van der Waals surface area contributed by atoms with E-state index in [2.05, 4.69) is 4.98 Å². The third kappa shape index (κ3) is 2.64. The lowest BCUT2D eigenvalue weighted by Gasteiger charge is -2.09. The molecule has 0 radical (unpaired) electrons. The summed E-state index contributed by atoms with van der Waals surface area (Å²) in [6, 6.07) is 12.1. The average Bonchev–Trinajstić information content (AvgIpc) is 2.39. The highest BCUT2D eigenvalue weighted by molar-refractivity contribution is 5.93. The first kappa shape index (κ1) is 12.1. The second kappa shape index (κ2) is 5.29. The summed E-state index contributed by atoms with van der Waals surface area (Å²) in [6.07, 6.45) is 0. The summed E-state index contributed by atoms with van der Waals surface area (Å²) in [5.41, 5.74) is 6.39. The van der Waals surface area contributed by atoms with Gasteiger partial charge in [-0.25, -0.2) is 4.98 Å². The van der Waals surface area contributed by atoms with Crippen LogP contribution in [-0.4, -0.2) is 15.9 Å². The molecule has 1 aromatic heterocycles. The molecule has 0 amide bonds. The van der Waals surface area contributed by atoms with Gasteiger partial charge in [-0.2, -0.15) is 0 Å². The number of aliphatic hydroxyl groups excluding tert-OH is 1. The van der Waals surface area contributed by atoms with E-state index in [1.54, 1.807) is 30.3 Å². The molecule has 0 aliphatic carbocycles. The number of ether oxygens (including phenoxy) is 1. The third-order valence-electron chi connectivity index (χ3n) is 2.36. The van der Waals surface area contributed by atoms with Gasteiger partial charge >= 0.3 is 0 Å². The number of nitrogens with two attached hydrogens (primary N) is 1. The number of benzene rings is 1. The monoisotopic (exact) mass is 243 g/mol. The number of rotatable bonds is 4. The van der Waals surface area contributed by atoms with E-state index in [0.29, 0.717) is 22.9 Å². The van der Waals surface area contributed by atoms with Crippen LogP contribution in [0.4, 0.5) is 0 Å². The fourth-order valence-electron chi connectivity index (χ4n) is 1.47. The fraction of sp³-hybridized carbons (Fsp3) is 0.0769. The van der Waals surface area contributed by atoms with Crippen molar-refractivity contribution in [1.29, 1.82) is 5.41 Å². The number of nitrogen functional groups attached to an aromatic ring is 1. The minimum absolute atomic E-state index is 0.109. The van der Waals surface area contributed by atoms with Crippen LogP contribution < -0.4 is 10.5 Å². The lowest BCUT2D eigenvalue weighted by Crippen LogP contribution is -2.13. The van der Waals surface area contributed by atoms with Crippen molar-refractivity contribution in [3.63, 3.8) is 0 Å². The van der Waals surface area contributed by atoms with Gasteiger partial charge in [-0.15, -0.1) is 0 Å². The van der Waals surface area contributed by atoms with Crippen LogP contribution >= 0.6 is 0 Å². The van der Waals surface area contributed by atoms with Crippen LogP contribution in [0.15, 0.2) is 42.5 Å². The van der Waals surface area contributed by atoms with E-state index in [4.69, 9.17) is 15.9 Å². The smallest absolute Gasteiger partial charge is 0.219 e. The molecule has 4 N–H and O–H groups in total. The standard InChI is InChI=1S/C13H13N3O2/c14-13(15)10-5-3-7-12(16-10)18-11-6-2-1-4-9(11)8-17/h1-7,17H,8H2,(H3,14,15). The number of nitrogens with one attached hydrogen (secondary N) is 1. The maximum Gasteiger partial charge on any atom is 0.219 e. The Labute approximate surface area is 104 Å². The van der Waals surface area contributed by atoms with E-state index in [1.165, 1.54) is 0 Å². The number of aromatic nitrogens is 1. The van der Waals surface area contributed by atoms with Gasteiger partial charge < -0.3 is 15.6 Å². The Morgan fingerprint density at radius 1 is 1.22 bits per heavy atom. The Morgan fingerprint density at radius 2 is 2.00 bits per heavy atom. The SMILES string of the molecule is N=C(N)c1cccc(Oc2ccccc2CO)n1. The Bertz CT molecular complexity index is 570. The Morgan fingerprint density at radius 3 is 2.72 bits per heavy atom. The molecule has 5 heteroatoms. The van der Waals surface area contributed by atoms with Crippen LogP contribution in [0.1, 0.15) is 11.3 Å². The molecule has 1 heterocycles. The summed E-state index contributed by atoms with van der Waals surface area (Å²) in [4.78, 5) is 4.09. The lowest BCUT2D eigenvalue weighted by molar-refractivity contribution is 0.276. The van der Waals surface area contributed by atoms with Gasteiger partial charge in [-0.1, -0.05) is 24.3 Å². The molecule has 0 spiro atoms. The van der Waals surface area contributed by atoms with Gasteiger partial charge in [-0.3, -0.25) is 5.41 Å². The first-order valence-electron chi connectivity index (χ1n) is 5.39. The van der Waals surface area contributed by atoms with Gasteiger partial charge in [0.1, 0.15) is 17.3 Å². The van der Waals surface area contributed by atoms with Gasteiger partial charge in [0.25, 0.3) is 0 Å². The van der Waals surface area contributed by atoms with Crippen LogP contribution in [0, 0.1) is 5.41 Å². The van der Waals surface area contributed by atoms with Crippen LogP contribution in [0.5, 0.6) is 11.6 Å². The molecule has 0 aliphatic heterocycles. The van der Waals surface area contributed by atoms with Crippen molar-refractivity contribution in [2.45, 2.75) is 6.61 Å². The Balaban J connectivity index is 2.28. The molecule has 1 aromatic carbocycles. The van der Waals surface area contributed by atoms with Crippen LogP contribution in [-0.2, 0) is 6.61 Å². The Kier molecular flexibility index (Phi) is 3.54. The predicted octanol–water partition coefficient (Wildman–Crippen LogP) is 1.65. The summed E-state index contributed by atoms with van der Waals surface area (Å²) in [6.45, 7) is -0.109. The lowest BCUT2D eigenvalue weighted by atomic mass is 10.2. The highest BCUT2D eigenvalue weighted by Gasteiger charge is 2.05. The number of hydrogen-bond acceptors (Lipinski definition) is 4. The molecule has 0 unspecified atom stereocenters.